The molecule has 1 aliphatic heterocycles. The molecular formula is C27H30ClN3O7S2. The minimum atomic E-state index is -4.11. The summed E-state index contributed by atoms with van der Waals surface area (Å²) in [7, 11) is -6.31. The van der Waals surface area contributed by atoms with E-state index in [1.165, 1.54) is 41.7 Å². The van der Waals surface area contributed by atoms with Crippen molar-refractivity contribution < 1.29 is 31.1 Å². The molecule has 40 heavy (non-hydrogen) atoms. The molecule has 0 spiro atoms. The minimum Gasteiger partial charge on any atom is -0.495 e. The molecule has 1 amide bonds. The maximum absolute atomic E-state index is 13.5. The fourth-order valence-electron chi connectivity index (χ4n) is 4.10. The summed E-state index contributed by atoms with van der Waals surface area (Å²) in [6, 6.07) is 19.3. The molecule has 0 atom stereocenters. The van der Waals surface area contributed by atoms with Crippen LogP contribution in [0.25, 0.3) is 0 Å². The van der Waals surface area contributed by atoms with Gasteiger partial charge >= 0.3 is 0 Å². The zero-order valence-corrected chi connectivity index (χ0v) is 24.2. The molecule has 1 N–H and O–H groups in total. The van der Waals surface area contributed by atoms with Crippen molar-refractivity contribution in [1.82, 2.24) is 13.9 Å². The van der Waals surface area contributed by atoms with Crippen molar-refractivity contribution >= 4 is 37.6 Å². The first-order chi connectivity index (χ1) is 19.1. The van der Waals surface area contributed by atoms with Gasteiger partial charge in [0.25, 0.3) is 0 Å². The van der Waals surface area contributed by atoms with E-state index in [-0.39, 0.29) is 27.9 Å². The van der Waals surface area contributed by atoms with Crippen LogP contribution in [0, 0.1) is 0 Å². The lowest BCUT2D eigenvalue weighted by molar-refractivity contribution is -0.121. The highest BCUT2D eigenvalue weighted by molar-refractivity contribution is 7.89. The predicted molar refractivity (Wildman–Crippen MR) is 150 cm³/mol. The van der Waals surface area contributed by atoms with Crippen LogP contribution in [0.15, 0.2) is 82.6 Å². The molecule has 1 aliphatic rings. The number of amides is 1. The number of hydrogen-bond donors (Lipinski definition) is 1. The second-order valence-electron chi connectivity index (χ2n) is 8.99. The smallest absolute Gasteiger partial charge is 0.243 e. The molecule has 0 unspecified atom stereocenters. The largest absolute Gasteiger partial charge is 0.495 e. The Hall–Kier alpha value is -3.00. The van der Waals surface area contributed by atoms with E-state index in [9.17, 15) is 21.6 Å². The van der Waals surface area contributed by atoms with Crippen LogP contribution < -0.4 is 10.1 Å². The first kappa shape index (κ1) is 30.0. The molecule has 1 fully saturated rings. The van der Waals surface area contributed by atoms with Gasteiger partial charge in [0.2, 0.25) is 26.0 Å². The van der Waals surface area contributed by atoms with Gasteiger partial charge in [0.05, 0.1) is 41.7 Å². The van der Waals surface area contributed by atoms with Crippen molar-refractivity contribution in [2.75, 3.05) is 40.0 Å². The number of nitrogens with one attached hydrogen (secondary N) is 1. The van der Waals surface area contributed by atoms with Crippen LogP contribution in [0.2, 0.25) is 5.02 Å². The van der Waals surface area contributed by atoms with E-state index in [0.29, 0.717) is 43.2 Å². The number of carbonyl (C=O) groups excluding carboxylic acids is 1. The van der Waals surface area contributed by atoms with Gasteiger partial charge in [-0.2, -0.15) is 8.61 Å². The van der Waals surface area contributed by atoms with Crippen molar-refractivity contribution in [1.29, 1.82) is 0 Å². The second kappa shape index (κ2) is 13.1. The van der Waals surface area contributed by atoms with E-state index >= 15 is 0 Å². The maximum Gasteiger partial charge on any atom is 0.243 e. The van der Waals surface area contributed by atoms with E-state index in [2.05, 4.69) is 5.32 Å². The van der Waals surface area contributed by atoms with Gasteiger partial charge in [0.1, 0.15) is 5.75 Å². The number of rotatable bonds is 11. The Morgan fingerprint density at radius 2 is 1.60 bits per heavy atom. The van der Waals surface area contributed by atoms with Gasteiger partial charge in [-0.25, -0.2) is 16.8 Å². The van der Waals surface area contributed by atoms with Crippen molar-refractivity contribution in [3.8, 4) is 5.75 Å². The van der Waals surface area contributed by atoms with Crippen molar-refractivity contribution in [3.05, 3.63) is 88.9 Å². The molecule has 1 saturated heterocycles. The Labute approximate surface area is 239 Å². The molecule has 3 aromatic rings. The number of methoxy groups -OCH3 is 1. The third-order valence-corrected chi connectivity index (χ3v) is 10.3. The SMILES string of the molecule is COc1ccc(S(=O)(=O)N(CC(=O)NCc2ccc(S(=O)(=O)N3CCOCC3)cc2)Cc2ccccc2)cc1Cl. The normalized spacial score (nSPS) is 14.7. The minimum absolute atomic E-state index is 0.0334. The number of benzene rings is 3. The lowest BCUT2D eigenvalue weighted by atomic mass is 10.2. The number of hydrogen-bond acceptors (Lipinski definition) is 7. The number of ether oxygens (including phenoxy) is 2. The Morgan fingerprint density at radius 1 is 0.950 bits per heavy atom. The van der Waals surface area contributed by atoms with Crippen molar-refractivity contribution in [2.45, 2.75) is 22.9 Å². The van der Waals surface area contributed by atoms with Gasteiger partial charge in [0.15, 0.2) is 0 Å². The summed E-state index contributed by atoms with van der Waals surface area (Å²) in [5.74, 6) is -0.194. The summed E-state index contributed by atoms with van der Waals surface area (Å²) in [6.07, 6.45) is 0. The number of nitrogens with zero attached hydrogens (tertiary/aromatic N) is 2. The lowest BCUT2D eigenvalue weighted by Crippen LogP contribution is -2.40. The van der Waals surface area contributed by atoms with Crippen LogP contribution in [0.3, 0.4) is 0 Å². The van der Waals surface area contributed by atoms with Crippen molar-refractivity contribution in [2.24, 2.45) is 0 Å². The highest BCUT2D eigenvalue weighted by Crippen LogP contribution is 2.29. The monoisotopic (exact) mass is 607 g/mol. The zero-order valence-electron chi connectivity index (χ0n) is 21.8. The maximum atomic E-state index is 13.5. The lowest BCUT2D eigenvalue weighted by Gasteiger charge is -2.26. The van der Waals surface area contributed by atoms with Crippen LogP contribution in [0.1, 0.15) is 11.1 Å². The molecule has 0 saturated carbocycles. The van der Waals surface area contributed by atoms with Crippen LogP contribution >= 0.6 is 11.6 Å². The van der Waals surface area contributed by atoms with Gasteiger partial charge < -0.3 is 14.8 Å². The molecule has 10 nitrogen and oxygen atoms in total. The van der Waals surface area contributed by atoms with E-state index in [1.54, 1.807) is 36.4 Å². The van der Waals surface area contributed by atoms with Gasteiger partial charge in [-0.05, 0) is 41.5 Å². The molecule has 0 radical (unpaired) electrons. The van der Waals surface area contributed by atoms with Gasteiger partial charge in [-0.3, -0.25) is 4.79 Å². The Kier molecular flexibility index (Phi) is 9.82. The summed E-state index contributed by atoms with van der Waals surface area (Å²) in [5, 5.41) is 2.85. The molecule has 3 aromatic carbocycles. The molecular weight excluding hydrogens is 578 g/mol. The highest BCUT2D eigenvalue weighted by Gasteiger charge is 2.28. The average Bonchev–Trinajstić information content (AvgIpc) is 2.97. The number of halogens is 1. The van der Waals surface area contributed by atoms with Crippen LogP contribution in [-0.4, -0.2) is 71.3 Å². The molecule has 4 rings (SSSR count). The third kappa shape index (κ3) is 7.19. The van der Waals surface area contributed by atoms with Crippen LogP contribution in [-0.2, 0) is 42.7 Å². The van der Waals surface area contributed by atoms with E-state index < -0.39 is 32.5 Å². The summed E-state index contributed by atoms with van der Waals surface area (Å²) < 4.78 is 65.5. The standard InChI is InChI=1S/C27H30ClN3O7S2/c1-37-26-12-11-24(17-25(26)28)40(35,36)31(19-22-5-3-2-4-6-22)20-27(32)29-18-21-7-9-23(10-8-21)39(33,34)30-13-15-38-16-14-30/h2-12,17H,13-16,18-20H2,1H3,(H,29,32). The molecule has 0 aliphatic carbocycles. The Morgan fingerprint density at radius 3 is 2.23 bits per heavy atom. The molecule has 214 valence electrons. The quantitative estimate of drug-likeness (QED) is 0.356. The van der Waals surface area contributed by atoms with E-state index in [1.807, 2.05) is 6.07 Å². The first-order valence-electron chi connectivity index (χ1n) is 12.4. The molecule has 13 heteroatoms. The fraction of sp³-hybridized carbons (Fsp3) is 0.296. The van der Waals surface area contributed by atoms with Gasteiger partial charge in [0, 0.05) is 26.2 Å². The van der Waals surface area contributed by atoms with Gasteiger partial charge in [-0.1, -0.05) is 54.1 Å². The number of carbonyl (C=O) groups is 1. The zero-order chi connectivity index (χ0) is 28.8. The Balaban J connectivity index is 1.46. The van der Waals surface area contributed by atoms with Gasteiger partial charge in [-0.15, -0.1) is 0 Å². The fourth-order valence-corrected chi connectivity index (χ4v) is 7.24. The topological polar surface area (TPSA) is 122 Å². The average molecular weight is 608 g/mol. The summed E-state index contributed by atoms with van der Waals surface area (Å²) in [5.41, 5.74) is 1.37. The third-order valence-electron chi connectivity index (χ3n) is 6.30. The summed E-state index contributed by atoms with van der Waals surface area (Å²) in [6.45, 7) is 0.914. The van der Waals surface area contributed by atoms with Crippen LogP contribution in [0.4, 0.5) is 0 Å². The van der Waals surface area contributed by atoms with E-state index in [0.717, 1.165) is 4.31 Å². The van der Waals surface area contributed by atoms with E-state index in [4.69, 9.17) is 21.1 Å². The van der Waals surface area contributed by atoms with Crippen LogP contribution in [0.5, 0.6) is 5.75 Å². The summed E-state index contributed by atoms with van der Waals surface area (Å²) in [4.78, 5) is 13.0. The number of sulfonamides is 2. The summed E-state index contributed by atoms with van der Waals surface area (Å²) >= 11 is 6.17. The molecule has 1 heterocycles. The first-order valence-corrected chi connectivity index (χ1v) is 15.7. The highest BCUT2D eigenvalue weighted by atomic mass is 35.5. The number of morpholine rings is 1. The molecule has 0 aromatic heterocycles. The predicted octanol–water partition coefficient (Wildman–Crippen LogP) is 2.88. The molecule has 0 bridgehead atoms. The Bertz CT molecular complexity index is 1530. The second-order valence-corrected chi connectivity index (χ2v) is 13.3. The van der Waals surface area contributed by atoms with Crippen molar-refractivity contribution in [3.63, 3.8) is 0 Å².